The molecule has 3 nitrogen and oxygen atoms in total. The van der Waals surface area contributed by atoms with Crippen molar-refractivity contribution in [2.24, 2.45) is 0 Å². The van der Waals surface area contributed by atoms with E-state index in [0.717, 1.165) is 28.6 Å². The Hall–Kier alpha value is -0.580. The largest absolute Gasteiger partial charge is 0.462 e. The summed E-state index contributed by atoms with van der Waals surface area (Å²) in [6.07, 6.45) is 1.62. The van der Waals surface area contributed by atoms with E-state index in [1.807, 2.05) is 18.2 Å². The van der Waals surface area contributed by atoms with Gasteiger partial charge in [0.2, 0.25) is 5.79 Å². The molecule has 86 valence electrons. The molecule has 0 amide bonds. The number of rotatable bonds is 0. The second kappa shape index (κ2) is 4.02. The van der Waals surface area contributed by atoms with Crippen molar-refractivity contribution in [2.75, 3.05) is 13.2 Å². The highest BCUT2D eigenvalue weighted by Crippen LogP contribution is 2.37. The van der Waals surface area contributed by atoms with E-state index in [4.69, 9.17) is 14.2 Å². The van der Waals surface area contributed by atoms with Gasteiger partial charge in [0, 0.05) is 22.9 Å². The van der Waals surface area contributed by atoms with Crippen molar-refractivity contribution in [3.05, 3.63) is 28.2 Å². The van der Waals surface area contributed by atoms with E-state index in [1.165, 1.54) is 0 Å². The normalized spacial score (nSPS) is 22.6. The molecular weight excluding hydrogens is 272 g/mol. The van der Waals surface area contributed by atoms with Crippen LogP contribution < -0.4 is 4.74 Å². The maximum Gasteiger partial charge on any atom is 0.215 e. The smallest absolute Gasteiger partial charge is 0.215 e. The summed E-state index contributed by atoms with van der Waals surface area (Å²) in [4.78, 5) is 0. The van der Waals surface area contributed by atoms with Crippen molar-refractivity contribution < 1.29 is 14.2 Å². The van der Waals surface area contributed by atoms with E-state index in [0.29, 0.717) is 19.8 Å². The maximum absolute atomic E-state index is 5.99. The minimum atomic E-state index is -0.445. The van der Waals surface area contributed by atoms with Crippen molar-refractivity contribution in [2.45, 2.75) is 25.2 Å². The molecule has 0 bridgehead atoms. The number of halogens is 1. The van der Waals surface area contributed by atoms with Crippen molar-refractivity contribution in [1.82, 2.24) is 0 Å². The van der Waals surface area contributed by atoms with Crippen LogP contribution in [0.4, 0.5) is 0 Å². The number of fused-ring (bicyclic) bond motifs is 1. The van der Waals surface area contributed by atoms with Gasteiger partial charge < -0.3 is 14.2 Å². The van der Waals surface area contributed by atoms with Crippen LogP contribution in [-0.2, 0) is 16.1 Å². The van der Waals surface area contributed by atoms with E-state index in [-0.39, 0.29) is 0 Å². The maximum atomic E-state index is 5.99. The minimum absolute atomic E-state index is 0.445. The van der Waals surface area contributed by atoms with Gasteiger partial charge in [0.15, 0.2) is 0 Å². The van der Waals surface area contributed by atoms with Crippen LogP contribution in [0.15, 0.2) is 22.7 Å². The van der Waals surface area contributed by atoms with E-state index < -0.39 is 5.79 Å². The Morgan fingerprint density at radius 2 is 2.00 bits per heavy atom. The molecule has 1 saturated heterocycles. The van der Waals surface area contributed by atoms with Crippen molar-refractivity contribution in [3.63, 3.8) is 0 Å². The number of ether oxygens (including phenoxy) is 3. The second-order valence-corrected chi connectivity index (χ2v) is 5.08. The molecule has 1 fully saturated rings. The van der Waals surface area contributed by atoms with Crippen LogP contribution in [-0.4, -0.2) is 19.0 Å². The van der Waals surface area contributed by atoms with E-state index in [9.17, 15) is 0 Å². The van der Waals surface area contributed by atoms with Gasteiger partial charge in [-0.25, -0.2) is 0 Å². The summed E-state index contributed by atoms with van der Waals surface area (Å²) in [7, 11) is 0. The molecule has 0 atom stereocenters. The van der Waals surface area contributed by atoms with Crippen molar-refractivity contribution >= 4 is 15.9 Å². The number of hydrogen-bond donors (Lipinski definition) is 0. The lowest BCUT2D eigenvalue weighted by Gasteiger charge is -2.40. The van der Waals surface area contributed by atoms with Crippen LogP contribution >= 0.6 is 15.9 Å². The molecule has 1 aromatic rings. The summed E-state index contributed by atoms with van der Waals surface area (Å²) in [5.41, 5.74) is 1.10. The molecule has 2 aliphatic rings. The fraction of sp³-hybridized carbons (Fsp3) is 0.500. The van der Waals surface area contributed by atoms with Gasteiger partial charge >= 0.3 is 0 Å². The first-order valence-corrected chi connectivity index (χ1v) is 6.26. The molecule has 0 N–H and O–H groups in total. The van der Waals surface area contributed by atoms with Crippen LogP contribution in [0.25, 0.3) is 0 Å². The zero-order chi connectivity index (χ0) is 11.0. The molecule has 1 spiro atoms. The molecule has 0 aliphatic carbocycles. The minimum Gasteiger partial charge on any atom is -0.462 e. The summed E-state index contributed by atoms with van der Waals surface area (Å²) in [6, 6.07) is 6.04. The fourth-order valence-corrected chi connectivity index (χ4v) is 2.54. The van der Waals surface area contributed by atoms with Gasteiger partial charge in [-0.2, -0.15) is 0 Å². The van der Waals surface area contributed by atoms with Gasteiger partial charge in [-0.05, 0) is 18.2 Å². The van der Waals surface area contributed by atoms with Crippen LogP contribution in [0, 0.1) is 0 Å². The molecule has 0 aromatic heterocycles. The summed E-state index contributed by atoms with van der Waals surface area (Å²) >= 11 is 3.45. The zero-order valence-corrected chi connectivity index (χ0v) is 10.5. The lowest BCUT2D eigenvalue weighted by atomic mass is 10.1. The first-order valence-electron chi connectivity index (χ1n) is 5.47. The van der Waals surface area contributed by atoms with Gasteiger partial charge in [-0.1, -0.05) is 15.9 Å². The van der Waals surface area contributed by atoms with Gasteiger partial charge in [-0.15, -0.1) is 0 Å². The standard InChI is InChI=1S/C12H13BrO3/c13-10-1-2-11-9(7-10)8-15-12(16-11)3-5-14-6-4-12/h1-2,7H,3-6,8H2. The lowest BCUT2D eigenvalue weighted by molar-refractivity contribution is -0.241. The quantitative estimate of drug-likeness (QED) is 0.733. The first-order chi connectivity index (χ1) is 7.77. The van der Waals surface area contributed by atoms with E-state index in [2.05, 4.69) is 15.9 Å². The molecule has 0 saturated carbocycles. The van der Waals surface area contributed by atoms with Crippen LogP contribution in [0.5, 0.6) is 5.75 Å². The molecule has 16 heavy (non-hydrogen) atoms. The number of hydrogen-bond acceptors (Lipinski definition) is 3. The molecule has 0 unspecified atom stereocenters. The third-order valence-corrected chi connectivity index (χ3v) is 3.56. The highest BCUT2D eigenvalue weighted by atomic mass is 79.9. The second-order valence-electron chi connectivity index (χ2n) is 4.17. The van der Waals surface area contributed by atoms with E-state index in [1.54, 1.807) is 0 Å². The molecule has 3 rings (SSSR count). The van der Waals surface area contributed by atoms with Crippen LogP contribution in [0.1, 0.15) is 18.4 Å². The Kier molecular flexibility index (Phi) is 2.65. The predicted molar refractivity (Wildman–Crippen MR) is 62.3 cm³/mol. The Morgan fingerprint density at radius 3 is 2.81 bits per heavy atom. The Labute approximate surface area is 103 Å². The van der Waals surface area contributed by atoms with Crippen molar-refractivity contribution in [1.29, 1.82) is 0 Å². The topological polar surface area (TPSA) is 27.7 Å². The highest BCUT2D eigenvalue weighted by molar-refractivity contribution is 9.10. The SMILES string of the molecule is Brc1ccc2c(c1)COC1(CCOCC1)O2. The Balaban J connectivity index is 1.88. The van der Waals surface area contributed by atoms with Gasteiger partial charge in [-0.3, -0.25) is 0 Å². The fourth-order valence-electron chi connectivity index (χ4n) is 2.13. The summed E-state index contributed by atoms with van der Waals surface area (Å²) in [5.74, 6) is 0.496. The van der Waals surface area contributed by atoms with Gasteiger partial charge in [0.05, 0.1) is 19.8 Å². The Bertz CT molecular complexity index is 399. The number of benzene rings is 1. The highest BCUT2D eigenvalue weighted by Gasteiger charge is 2.39. The first kappa shape index (κ1) is 10.6. The summed E-state index contributed by atoms with van der Waals surface area (Å²) in [6.45, 7) is 2.05. The monoisotopic (exact) mass is 284 g/mol. The Morgan fingerprint density at radius 1 is 1.19 bits per heavy atom. The van der Waals surface area contributed by atoms with E-state index >= 15 is 0 Å². The summed E-state index contributed by atoms with van der Waals surface area (Å²) in [5, 5.41) is 0. The molecule has 4 heteroatoms. The molecule has 2 aliphatic heterocycles. The lowest BCUT2D eigenvalue weighted by Crippen LogP contribution is -2.46. The summed E-state index contributed by atoms with van der Waals surface area (Å²) < 4.78 is 18.3. The van der Waals surface area contributed by atoms with Gasteiger partial charge in [0.25, 0.3) is 0 Å². The average Bonchev–Trinajstić information content (AvgIpc) is 2.31. The molecular formula is C12H13BrO3. The van der Waals surface area contributed by atoms with Crippen LogP contribution in [0.2, 0.25) is 0 Å². The predicted octanol–water partition coefficient (Wildman–Crippen LogP) is 2.86. The zero-order valence-electron chi connectivity index (χ0n) is 8.87. The van der Waals surface area contributed by atoms with Crippen molar-refractivity contribution in [3.8, 4) is 5.75 Å². The third kappa shape index (κ3) is 1.85. The average molecular weight is 285 g/mol. The van der Waals surface area contributed by atoms with Gasteiger partial charge in [0.1, 0.15) is 5.75 Å². The van der Waals surface area contributed by atoms with Crippen LogP contribution in [0.3, 0.4) is 0 Å². The third-order valence-electron chi connectivity index (χ3n) is 3.06. The molecule has 1 aromatic carbocycles. The molecule has 0 radical (unpaired) electrons. The molecule has 2 heterocycles.